The summed E-state index contributed by atoms with van der Waals surface area (Å²) in [6, 6.07) is 0. The highest BCUT2D eigenvalue weighted by atomic mass is 16.3. The quantitative estimate of drug-likeness (QED) is 0.420. The average molecular weight is 441 g/mol. The molecule has 0 aliphatic heterocycles. The number of hydrogen-bond acceptors (Lipinski definition) is 1. The van der Waals surface area contributed by atoms with Crippen molar-refractivity contribution in [2.75, 3.05) is 0 Å². The van der Waals surface area contributed by atoms with E-state index in [2.05, 4.69) is 46.8 Å². The molecule has 1 N–H and O–H groups in total. The monoisotopic (exact) mass is 440 g/mol. The molecule has 9 atom stereocenters. The topological polar surface area (TPSA) is 20.2 Å². The second kappa shape index (κ2) is 9.59. The molecule has 3 fully saturated rings. The van der Waals surface area contributed by atoms with Gasteiger partial charge in [0, 0.05) is 0 Å². The van der Waals surface area contributed by atoms with Crippen molar-refractivity contribution < 1.29 is 5.11 Å². The van der Waals surface area contributed by atoms with Crippen LogP contribution in [0.25, 0.3) is 0 Å². The summed E-state index contributed by atoms with van der Waals surface area (Å²) in [4.78, 5) is 0. The van der Waals surface area contributed by atoms with Crippen LogP contribution in [-0.4, -0.2) is 11.2 Å². The summed E-state index contributed by atoms with van der Waals surface area (Å²) >= 11 is 0. The molecule has 3 saturated carbocycles. The lowest BCUT2D eigenvalue weighted by Crippen LogP contribution is -2.52. The van der Waals surface area contributed by atoms with E-state index < -0.39 is 0 Å². The van der Waals surface area contributed by atoms with E-state index in [0.29, 0.717) is 10.8 Å². The van der Waals surface area contributed by atoms with Crippen molar-refractivity contribution in [1.29, 1.82) is 0 Å². The van der Waals surface area contributed by atoms with E-state index in [0.717, 1.165) is 41.4 Å². The summed E-state index contributed by atoms with van der Waals surface area (Å²) in [6.45, 7) is 14.6. The number of aliphatic hydroxyl groups is 1. The second-order valence-electron chi connectivity index (χ2n) is 13.5. The Morgan fingerprint density at radius 3 is 2.44 bits per heavy atom. The van der Waals surface area contributed by atoms with Gasteiger partial charge in [-0.25, -0.2) is 0 Å². The van der Waals surface area contributed by atoms with Crippen LogP contribution in [0.5, 0.6) is 0 Å². The van der Waals surface area contributed by atoms with E-state index in [1.54, 1.807) is 0 Å². The van der Waals surface area contributed by atoms with E-state index in [1.165, 1.54) is 76.2 Å². The van der Waals surface area contributed by atoms with Gasteiger partial charge in [0.1, 0.15) is 0 Å². The fourth-order valence-electron chi connectivity index (χ4n) is 9.33. The molecule has 0 aromatic carbocycles. The zero-order chi connectivity index (χ0) is 23.1. The largest absolute Gasteiger partial charge is 0.389 e. The number of allylic oxidation sites excluding steroid dienone is 3. The van der Waals surface area contributed by atoms with Gasteiger partial charge in [0.2, 0.25) is 0 Å². The Hall–Kier alpha value is -0.560. The SMILES string of the molecule is CC(O)/C=C/C1=CCC2(C)C3CCC4(C)C(C(C)CCCC(C)C)CCC4C3CC[C@H]2C1. The molecule has 0 aromatic heterocycles. The molecule has 0 spiro atoms. The Morgan fingerprint density at radius 2 is 1.72 bits per heavy atom. The molecule has 4 aliphatic carbocycles. The number of aliphatic hydroxyl groups excluding tert-OH is 1. The molecule has 0 bridgehead atoms. The Labute approximate surface area is 199 Å². The smallest absolute Gasteiger partial charge is 0.0695 e. The zero-order valence-electron chi connectivity index (χ0n) is 22.1. The van der Waals surface area contributed by atoms with Crippen molar-refractivity contribution in [3.8, 4) is 0 Å². The predicted octanol–water partition coefficient (Wildman–Crippen LogP) is 8.58. The van der Waals surface area contributed by atoms with E-state index in [1.807, 2.05) is 13.0 Å². The van der Waals surface area contributed by atoms with Gasteiger partial charge in [-0.1, -0.05) is 77.7 Å². The average Bonchev–Trinajstić information content (AvgIpc) is 3.09. The van der Waals surface area contributed by atoms with Gasteiger partial charge in [-0.05, 0) is 111 Å². The van der Waals surface area contributed by atoms with E-state index in [-0.39, 0.29) is 6.10 Å². The van der Waals surface area contributed by atoms with Gasteiger partial charge in [-0.2, -0.15) is 0 Å². The highest BCUT2D eigenvalue weighted by Gasteiger charge is 2.60. The second-order valence-corrected chi connectivity index (χ2v) is 13.5. The number of rotatable bonds is 7. The van der Waals surface area contributed by atoms with Crippen LogP contribution in [0.3, 0.4) is 0 Å². The number of hydrogen-bond donors (Lipinski definition) is 1. The first-order chi connectivity index (χ1) is 15.1. The summed E-state index contributed by atoms with van der Waals surface area (Å²) in [7, 11) is 0. The van der Waals surface area contributed by atoms with Crippen molar-refractivity contribution in [2.45, 2.75) is 118 Å². The van der Waals surface area contributed by atoms with Crippen molar-refractivity contribution in [2.24, 2.45) is 52.3 Å². The molecule has 8 unspecified atom stereocenters. The Bertz CT molecular complexity index is 701. The van der Waals surface area contributed by atoms with Gasteiger partial charge in [-0.15, -0.1) is 0 Å². The molecule has 0 amide bonds. The van der Waals surface area contributed by atoms with Crippen LogP contribution >= 0.6 is 0 Å². The molecule has 4 rings (SSSR count). The Kier molecular flexibility index (Phi) is 7.36. The molecule has 182 valence electrons. The summed E-state index contributed by atoms with van der Waals surface area (Å²) < 4.78 is 0. The minimum Gasteiger partial charge on any atom is -0.389 e. The third-order valence-electron chi connectivity index (χ3n) is 11.1. The van der Waals surface area contributed by atoms with Gasteiger partial charge in [0.15, 0.2) is 0 Å². The Morgan fingerprint density at radius 1 is 0.969 bits per heavy atom. The lowest BCUT2D eigenvalue weighted by atomic mass is 9.45. The van der Waals surface area contributed by atoms with Gasteiger partial charge >= 0.3 is 0 Å². The predicted molar refractivity (Wildman–Crippen MR) is 137 cm³/mol. The fraction of sp³-hybridized carbons (Fsp3) is 0.871. The van der Waals surface area contributed by atoms with Gasteiger partial charge in [0.05, 0.1) is 6.10 Å². The lowest BCUT2D eigenvalue weighted by Gasteiger charge is -2.60. The van der Waals surface area contributed by atoms with E-state index >= 15 is 0 Å². The van der Waals surface area contributed by atoms with Gasteiger partial charge < -0.3 is 5.11 Å². The van der Waals surface area contributed by atoms with Crippen LogP contribution in [0, 0.1) is 52.3 Å². The maximum atomic E-state index is 9.65. The standard InChI is InChI=1S/C31H52O/c1-21(2)8-7-9-22(3)27-14-15-28-26-13-12-25-20-24(11-10-23(4)32)16-18-30(25,5)29(26)17-19-31(27,28)6/h10-11,16,21-23,25-29,32H,7-9,12-15,17-20H2,1-6H3/b11-10+/t22?,23?,25-,26?,27?,28?,29?,30?,31?/m0/s1. The molecular formula is C31H52O. The van der Waals surface area contributed by atoms with Gasteiger partial charge in [0.25, 0.3) is 0 Å². The third-order valence-corrected chi connectivity index (χ3v) is 11.1. The summed E-state index contributed by atoms with van der Waals surface area (Å²) in [6.07, 6.45) is 22.0. The summed E-state index contributed by atoms with van der Waals surface area (Å²) in [5, 5.41) is 9.65. The minimum atomic E-state index is -0.334. The minimum absolute atomic E-state index is 0.334. The van der Waals surface area contributed by atoms with E-state index in [9.17, 15) is 5.11 Å². The van der Waals surface area contributed by atoms with Crippen molar-refractivity contribution >= 4 is 0 Å². The Balaban J connectivity index is 1.45. The van der Waals surface area contributed by atoms with Crippen LogP contribution in [0.15, 0.2) is 23.8 Å². The van der Waals surface area contributed by atoms with Crippen LogP contribution < -0.4 is 0 Å². The summed E-state index contributed by atoms with van der Waals surface area (Å²) in [5.74, 6) is 6.48. The third kappa shape index (κ3) is 4.54. The molecule has 32 heavy (non-hydrogen) atoms. The van der Waals surface area contributed by atoms with Crippen molar-refractivity contribution in [3.63, 3.8) is 0 Å². The van der Waals surface area contributed by atoms with Gasteiger partial charge in [-0.3, -0.25) is 0 Å². The van der Waals surface area contributed by atoms with Crippen LogP contribution in [0.1, 0.15) is 112 Å². The normalized spacial score (nSPS) is 43.5. The summed E-state index contributed by atoms with van der Waals surface area (Å²) in [5.41, 5.74) is 2.59. The molecule has 0 saturated heterocycles. The first-order valence-corrected chi connectivity index (χ1v) is 14.2. The lowest BCUT2D eigenvalue weighted by molar-refractivity contribution is -0.101. The van der Waals surface area contributed by atoms with Crippen molar-refractivity contribution in [3.05, 3.63) is 23.8 Å². The zero-order valence-corrected chi connectivity index (χ0v) is 22.1. The molecule has 0 heterocycles. The highest BCUT2D eigenvalue weighted by molar-refractivity contribution is 5.25. The van der Waals surface area contributed by atoms with Crippen LogP contribution in [0.2, 0.25) is 0 Å². The molecular weight excluding hydrogens is 388 g/mol. The molecule has 4 aliphatic rings. The molecule has 0 radical (unpaired) electrons. The van der Waals surface area contributed by atoms with Crippen LogP contribution in [0.4, 0.5) is 0 Å². The highest BCUT2D eigenvalue weighted by Crippen LogP contribution is 2.68. The van der Waals surface area contributed by atoms with Crippen LogP contribution in [-0.2, 0) is 0 Å². The number of fused-ring (bicyclic) bond motifs is 5. The first-order valence-electron chi connectivity index (χ1n) is 14.2. The maximum absolute atomic E-state index is 9.65. The van der Waals surface area contributed by atoms with E-state index in [4.69, 9.17) is 0 Å². The fourth-order valence-corrected chi connectivity index (χ4v) is 9.33. The first kappa shape index (κ1) is 24.6. The molecule has 0 aromatic rings. The molecule has 1 heteroatoms. The maximum Gasteiger partial charge on any atom is 0.0695 e. The molecule has 1 nitrogen and oxygen atoms in total. The van der Waals surface area contributed by atoms with Crippen molar-refractivity contribution in [1.82, 2.24) is 0 Å².